The molecule has 1 aliphatic heterocycles. The van der Waals surface area contributed by atoms with E-state index in [1.165, 1.54) is 0 Å². The van der Waals surface area contributed by atoms with Gasteiger partial charge in [-0.25, -0.2) is 0 Å². The number of carbonyl (C=O) groups is 2. The molecule has 6 nitrogen and oxygen atoms in total. The number of carbonyl (C=O) groups excluding carboxylic acids is 2. The van der Waals surface area contributed by atoms with E-state index in [9.17, 15) is 9.59 Å². The average Bonchev–Trinajstić information content (AvgIpc) is 3.04. The van der Waals surface area contributed by atoms with Crippen LogP contribution in [-0.4, -0.2) is 55.6 Å². The van der Waals surface area contributed by atoms with E-state index in [4.69, 9.17) is 4.74 Å². The van der Waals surface area contributed by atoms with Gasteiger partial charge in [-0.15, -0.1) is 0 Å². The number of likely N-dealkylation sites (tertiary alicyclic amines) is 1. The summed E-state index contributed by atoms with van der Waals surface area (Å²) in [7, 11) is 3.22. The Balaban J connectivity index is 1.88. The van der Waals surface area contributed by atoms with Crippen molar-refractivity contribution in [2.24, 2.45) is 11.8 Å². The fourth-order valence-electron chi connectivity index (χ4n) is 3.34. The van der Waals surface area contributed by atoms with Gasteiger partial charge in [0.15, 0.2) is 0 Å². The molecule has 0 radical (unpaired) electrons. The molecule has 24 heavy (non-hydrogen) atoms. The summed E-state index contributed by atoms with van der Waals surface area (Å²) >= 11 is 0. The van der Waals surface area contributed by atoms with Crippen molar-refractivity contribution in [3.8, 4) is 0 Å². The Morgan fingerprint density at radius 2 is 2.08 bits per heavy atom. The maximum Gasteiger partial charge on any atom is 0.273 e. The first kappa shape index (κ1) is 16.4. The number of pyridine rings is 1. The number of amides is 2. The first-order valence-corrected chi connectivity index (χ1v) is 7.99. The summed E-state index contributed by atoms with van der Waals surface area (Å²) < 4.78 is 5.22. The zero-order valence-electron chi connectivity index (χ0n) is 13.9. The Labute approximate surface area is 140 Å². The van der Waals surface area contributed by atoms with Gasteiger partial charge in [0.2, 0.25) is 5.91 Å². The SMILES string of the molecule is CNC(=O)[C@@H]1CN(C(=O)c2nccc3ccccc23)C[C@H]1COC. The van der Waals surface area contributed by atoms with E-state index in [1.54, 1.807) is 25.3 Å². The van der Waals surface area contributed by atoms with Crippen molar-refractivity contribution in [1.82, 2.24) is 15.2 Å². The van der Waals surface area contributed by atoms with Gasteiger partial charge in [0.25, 0.3) is 5.91 Å². The summed E-state index contributed by atoms with van der Waals surface area (Å²) in [5.41, 5.74) is 0.432. The molecular formula is C18H21N3O3. The number of hydrogen-bond donors (Lipinski definition) is 1. The quantitative estimate of drug-likeness (QED) is 0.919. The largest absolute Gasteiger partial charge is 0.384 e. The van der Waals surface area contributed by atoms with E-state index >= 15 is 0 Å². The molecule has 1 aromatic heterocycles. The Hall–Kier alpha value is -2.47. The highest BCUT2D eigenvalue weighted by molar-refractivity contribution is 6.05. The standard InChI is InChI=1S/C18H21N3O3/c1-19-17(22)15-10-21(9-13(15)11-24-2)18(23)16-14-6-4-3-5-12(14)7-8-20-16/h3-8,13,15H,9-11H2,1-2H3,(H,19,22)/t13-,15+/m0/s1. The van der Waals surface area contributed by atoms with Gasteiger partial charge in [0.1, 0.15) is 5.69 Å². The molecule has 2 heterocycles. The zero-order valence-corrected chi connectivity index (χ0v) is 13.9. The average molecular weight is 327 g/mol. The molecule has 2 amide bonds. The normalized spacial score (nSPS) is 20.3. The lowest BCUT2D eigenvalue weighted by molar-refractivity contribution is -0.125. The number of fused-ring (bicyclic) bond motifs is 1. The molecule has 0 unspecified atom stereocenters. The number of aromatic nitrogens is 1. The summed E-state index contributed by atoms with van der Waals surface area (Å²) in [5, 5.41) is 4.48. The second-order valence-electron chi connectivity index (χ2n) is 6.03. The maximum atomic E-state index is 13.0. The topological polar surface area (TPSA) is 71.5 Å². The van der Waals surface area contributed by atoms with Gasteiger partial charge in [-0.05, 0) is 11.5 Å². The van der Waals surface area contributed by atoms with Crippen molar-refractivity contribution < 1.29 is 14.3 Å². The molecule has 1 aromatic carbocycles. The highest BCUT2D eigenvalue weighted by Gasteiger charge is 2.39. The van der Waals surface area contributed by atoms with Crippen molar-refractivity contribution in [3.05, 3.63) is 42.2 Å². The second kappa shape index (κ2) is 6.97. The van der Waals surface area contributed by atoms with E-state index in [1.807, 2.05) is 30.3 Å². The van der Waals surface area contributed by atoms with Gasteiger partial charge in [0, 0.05) is 44.7 Å². The molecule has 0 saturated carbocycles. The van der Waals surface area contributed by atoms with Crippen molar-refractivity contribution in [2.75, 3.05) is 33.9 Å². The molecule has 2 atom stereocenters. The van der Waals surface area contributed by atoms with Crippen LogP contribution < -0.4 is 5.32 Å². The van der Waals surface area contributed by atoms with E-state index in [-0.39, 0.29) is 23.7 Å². The van der Waals surface area contributed by atoms with Crippen LogP contribution in [0.4, 0.5) is 0 Å². The van der Waals surface area contributed by atoms with Crippen LogP contribution in [0.1, 0.15) is 10.5 Å². The minimum atomic E-state index is -0.256. The van der Waals surface area contributed by atoms with Crippen LogP contribution in [0.5, 0.6) is 0 Å². The third-order valence-corrected chi connectivity index (χ3v) is 4.57. The summed E-state index contributed by atoms with van der Waals surface area (Å²) in [5.74, 6) is -0.458. The monoisotopic (exact) mass is 327 g/mol. The van der Waals surface area contributed by atoms with Crippen molar-refractivity contribution in [3.63, 3.8) is 0 Å². The molecule has 1 N–H and O–H groups in total. The molecule has 6 heteroatoms. The highest BCUT2D eigenvalue weighted by Crippen LogP contribution is 2.27. The summed E-state index contributed by atoms with van der Waals surface area (Å²) in [6.07, 6.45) is 1.65. The Bertz CT molecular complexity index is 757. The first-order chi connectivity index (χ1) is 11.7. The minimum Gasteiger partial charge on any atom is -0.384 e. The van der Waals surface area contributed by atoms with Gasteiger partial charge in [-0.1, -0.05) is 24.3 Å². The number of rotatable bonds is 4. The fourth-order valence-corrected chi connectivity index (χ4v) is 3.34. The number of methoxy groups -OCH3 is 1. The Kier molecular flexibility index (Phi) is 4.76. The van der Waals surface area contributed by atoms with Crippen LogP contribution in [0.3, 0.4) is 0 Å². The van der Waals surface area contributed by atoms with Gasteiger partial charge in [0.05, 0.1) is 12.5 Å². The summed E-state index contributed by atoms with van der Waals surface area (Å²) in [6, 6.07) is 9.57. The van der Waals surface area contributed by atoms with Crippen LogP contribution in [-0.2, 0) is 9.53 Å². The van der Waals surface area contributed by atoms with Gasteiger partial charge in [-0.2, -0.15) is 0 Å². The fraction of sp³-hybridized carbons (Fsp3) is 0.389. The van der Waals surface area contributed by atoms with Gasteiger partial charge in [-0.3, -0.25) is 14.6 Å². The van der Waals surface area contributed by atoms with E-state index in [2.05, 4.69) is 10.3 Å². The molecule has 1 saturated heterocycles. The number of ether oxygens (including phenoxy) is 1. The third-order valence-electron chi connectivity index (χ3n) is 4.57. The molecular weight excluding hydrogens is 306 g/mol. The predicted octanol–water partition coefficient (Wildman–Crippen LogP) is 1.32. The van der Waals surface area contributed by atoms with E-state index in [0.29, 0.717) is 25.4 Å². The Morgan fingerprint density at radius 1 is 1.29 bits per heavy atom. The van der Waals surface area contributed by atoms with E-state index < -0.39 is 0 Å². The molecule has 0 spiro atoms. The Morgan fingerprint density at radius 3 is 2.83 bits per heavy atom. The van der Waals surface area contributed by atoms with Crippen LogP contribution in [0.25, 0.3) is 10.8 Å². The number of nitrogens with zero attached hydrogens (tertiary/aromatic N) is 2. The van der Waals surface area contributed by atoms with Gasteiger partial charge < -0.3 is 15.0 Å². The highest BCUT2D eigenvalue weighted by atomic mass is 16.5. The van der Waals surface area contributed by atoms with E-state index in [0.717, 1.165) is 10.8 Å². The van der Waals surface area contributed by atoms with Crippen LogP contribution in [0.15, 0.2) is 36.5 Å². The lowest BCUT2D eigenvalue weighted by atomic mass is 9.96. The molecule has 0 aliphatic carbocycles. The van der Waals surface area contributed by atoms with Gasteiger partial charge >= 0.3 is 0 Å². The van der Waals surface area contributed by atoms with Crippen LogP contribution >= 0.6 is 0 Å². The first-order valence-electron chi connectivity index (χ1n) is 7.99. The summed E-state index contributed by atoms with van der Waals surface area (Å²) in [4.78, 5) is 31.1. The zero-order chi connectivity index (χ0) is 17.1. The lowest BCUT2D eigenvalue weighted by Crippen LogP contribution is -2.34. The lowest BCUT2D eigenvalue weighted by Gasteiger charge is -2.16. The predicted molar refractivity (Wildman–Crippen MR) is 90.6 cm³/mol. The van der Waals surface area contributed by atoms with Crippen LogP contribution in [0.2, 0.25) is 0 Å². The van der Waals surface area contributed by atoms with Crippen LogP contribution in [0, 0.1) is 11.8 Å². The molecule has 3 rings (SSSR count). The number of hydrogen-bond acceptors (Lipinski definition) is 4. The summed E-state index contributed by atoms with van der Waals surface area (Å²) in [6.45, 7) is 1.33. The third kappa shape index (κ3) is 2.97. The minimum absolute atomic E-state index is 0.00567. The molecule has 2 aromatic rings. The molecule has 1 aliphatic rings. The molecule has 0 bridgehead atoms. The second-order valence-corrected chi connectivity index (χ2v) is 6.03. The maximum absolute atomic E-state index is 13.0. The van der Waals surface area contributed by atoms with Crippen molar-refractivity contribution in [2.45, 2.75) is 0 Å². The smallest absolute Gasteiger partial charge is 0.273 e. The number of nitrogens with one attached hydrogen (secondary N) is 1. The molecule has 126 valence electrons. The van der Waals surface area contributed by atoms with Crippen molar-refractivity contribution >= 4 is 22.6 Å². The number of benzene rings is 1. The van der Waals surface area contributed by atoms with Crippen molar-refractivity contribution in [1.29, 1.82) is 0 Å². The molecule has 1 fully saturated rings.